The predicted molar refractivity (Wildman–Crippen MR) is 29.2 cm³/mol. The smallest absolute Gasteiger partial charge is 0.187 e. The quantitative estimate of drug-likeness (QED) is 0.400. The number of hydrogen-bond donors (Lipinski definition) is 3. The van der Waals surface area contributed by atoms with Crippen molar-refractivity contribution in [2.24, 2.45) is 5.50 Å². The van der Waals surface area contributed by atoms with Crippen molar-refractivity contribution < 1.29 is 9.79 Å². The lowest BCUT2D eigenvalue weighted by Crippen LogP contribution is -2.19. The third kappa shape index (κ3) is 2.91. The van der Waals surface area contributed by atoms with Crippen molar-refractivity contribution in [1.82, 2.24) is 4.67 Å². The van der Waals surface area contributed by atoms with Crippen molar-refractivity contribution >= 4 is 8.02 Å². The lowest BCUT2D eigenvalue weighted by Gasteiger charge is -2.10. The van der Waals surface area contributed by atoms with E-state index in [0.29, 0.717) is 0 Å². The molecule has 0 aromatic carbocycles. The monoisotopic (exact) mass is 125 g/mol. The zero-order valence-electron chi connectivity index (χ0n) is 4.37. The maximum absolute atomic E-state index is 8.47. The van der Waals surface area contributed by atoms with Crippen LogP contribution in [0.1, 0.15) is 0 Å². The zero-order valence-corrected chi connectivity index (χ0v) is 5.26. The van der Waals surface area contributed by atoms with E-state index in [1.165, 1.54) is 18.8 Å². The Morgan fingerprint density at radius 2 is 1.57 bits per heavy atom. The third-order valence-electron chi connectivity index (χ3n) is 0.589. The van der Waals surface area contributed by atoms with Crippen LogP contribution in [0.2, 0.25) is 0 Å². The Balaban J connectivity index is 3.54. The molecule has 0 radical (unpaired) electrons. The summed E-state index contributed by atoms with van der Waals surface area (Å²) in [6.07, 6.45) is 0. The first-order chi connectivity index (χ1) is 2.94. The van der Waals surface area contributed by atoms with Crippen molar-refractivity contribution in [2.45, 2.75) is 0 Å². The van der Waals surface area contributed by atoms with Gasteiger partial charge in [0, 0.05) is 14.1 Å². The highest BCUT2D eigenvalue weighted by molar-refractivity contribution is 7.59. The Kier molecular flexibility index (Phi) is 2.10. The summed E-state index contributed by atoms with van der Waals surface area (Å²) in [5, 5.41) is 0. The number of rotatable bonds is 1. The van der Waals surface area contributed by atoms with Crippen LogP contribution in [-0.2, 0) is 0 Å². The molecule has 0 aromatic rings. The SMILES string of the molecule is CN(C)[P+](N)(O)O. The van der Waals surface area contributed by atoms with Crippen LogP contribution in [0.3, 0.4) is 0 Å². The van der Waals surface area contributed by atoms with Gasteiger partial charge in [-0.1, -0.05) is 0 Å². The number of hydrogen-bond acceptors (Lipinski definition) is 4. The Bertz CT molecular complexity index is 59.2. The van der Waals surface area contributed by atoms with Crippen LogP contribution < -0.4 is 5.50 Å². The van der Waals surface area contributed by atoms with Gasteiger partial charge in [-0.25, -0.2) is 0 Å². The average molecular weight is 125 g/mol. The molecular weight excluding hydrogens is 115 g/mol. The van der Waals surface area contributed by atoms with Gasteiger partial charge in [-0.15, -0.1) is 10.2 Å². The van der Waals surface area contributed by atoms with E-state index >= 15 is 0 Å². The van der Waals surface area contributed by atoms with Gasteiger partial charge in [0.25, 0.3) is 0 Å². The molecule has 0 atom stereocenters. The molecule has 0 spiro atoms. The minimum Gasteiger partial charge on any atom is -0.187 e. The molecule has 0 rings (SSSR count). The van der Waals surface area contributed by atoms with Gasteiger partial charge in [0.1, 0.15) is 0 Å². The first-order valence-corrected chi connectivity index (χ1v) is 3.47. The van der Waals surface area contributed by atoms with E-state index in [2.05, 4.69) is 0 Å². The molecule has 7 heavy (non-hydrogen) atoms. The lowest BCUT2D eigenvalue weighted by molar-refractivity contribution is 0.373. The summed E-state index contributed by atoms with van der Waals surface area (Å²) in [4.78, 5) is 16.9. The van der Waals surface area contributed by atoms with Gasteiger partial charge in [-0.2, -0.15) is 9.79 Å². The molecule has 0 bridgehead atoms. The van der Waals surface area contributed by atoms with Crippen LogP contribution in [0.5, 0.6) is 0 Å². The second kappa shape index (κ2) is 2.03. The highest BCUT2D eigenvalue weighted by atomic mass is 31.2. The molecule has 0 aliphatic rings. The summed E-state index contributed by atoms with van der Waals surface area (Å²) in [5.74, 6) is 0. The largest absolute Gasteiger partial charge is 0.425 e. The lowest BCUT2D eigenvalue weighted by atomic mass is 11.3. The van der Waals surface area contributed by atoms with Gasteiger partial charge in [0.15, 0.2) is 0 Å². The van der Waals surface area contributed by atoms with Crippen molar-refractivity contribution in [1.29, 1.82) is 0 Å². The highest BCUT2D eigenvalue weighted by Crippen LogP contribution is 2.41. The molecule has 0 saturated carbocycles. The van der Waals surface area contributed by atoms with E-state index in [-0.39, 0.29) is 0 Å². The van der Waals surface area contributed by atoms with Crippen LogP contribution in [0.15, 0.2) is 0 Å². The van der Waals surface area contributed by atoms with Gasteiger partial charge in [-0.05, 0) is 0 Å². The molecule has 5 heteroatoms. The van der Waals surface area contributed by atoms with Crippen LogP contribution in [-0.4, -0.2) is 28.6 Å². The van der Waals surface area contributed by atoms with E-state index in [4.69, 9.17) is 15.3 Å². The molecule has 44 valence electrons. The van der Waals surface area contributed by atoms with Crippen LogP contribution >= 0.6 is 8.02 Å². The van der Waals surface area contributed by atoms with Crippen molar-refractivity contribution in [2.75, 3.05) is 14.1 Å². The van der Waals surface area contributed by atoms with Crippen LogP contribution in [0.25, 0.3) is 0 Å². The maximum atomic E-state index is 8.47. The van der Waals surface area contributed by atoms with E-state index in [1.807, 2.05) is 0 Å². The molecule has 0 amide bonds. The molecule has 0 saturated heterocycles. The fraction of sp³-hybridized carbons (Fsp3) is 1.00. The fourth-order valence-electron chi connectivity index (χ4n) is 0. The minimum absolute atomic E-state index is 1.19. The summed E-state index contributed by atoms with van der Waals surface area (Å²) >= 11 is 0. The molecule has 0 aliphatic heterocycles. The Morgan fingerprint density at radius 3 is 1.57 bits per heavy atom. The maximum Gasteiger partial charge on any atom is 0.425 e. The third-order valence-corrected chi connectivity index (χ3v) is 1.77. The van der Waals surface area contributed by atoms with Gasteiger partial charge in [0.05, 0.1) is 0 Å². The Hall–Kier alpha value is 0.270. The molecule has 0 fully saturated rings. The van der Waals surface area contributed by atoms with Crippen LogP contribution in [0.4, 0.5) is 0 Å². The molecule has 0 unspecified atom stereocenters. The normalized spacial score (nSPS) is 12.9. The van der Waals surface area contributed by atoms with E-state index < -0.39 is 8.02 Å². The number of nitrogens with two attached hydrogens (primary N) is 1. The van der Waals surface area contributed by atoms with Crippen molar-refractivity contribution in [3.8, 4) is 0 Å². The fourth-order valence-corrected chi connectivity index (χ4v) is 0. The Morgan fingerprint density at radius 1 is 1.43 bits per heavy atom. The molecule has 0 aliphatic carbocycles. The summed E-state index contributed by atoms with van der Waals surface area (Å²) in [7, 11) is -0.139. The van der Waals surface area contributed by atoms with E-state index in [9.17, 15) is 0 Å². The average Bonchev–Trinajstić information content (AvgIpc) is 1.31. The van der Waals surface area contributed by atoms with Gasteiger partial charge >= 0.3 is 8.02 Å². The standard InChI is InChI=1S/C2H10N2O2P/c1-4(2)7(3,5)6/h5-6H,3H2,1-2H3/q+1. The number of nitrogens with zero attached hydrogens (tertiary/aromatic N) is 1. The van der Waals surface area contributed by atoms with Gasteiger partial charge < -0.3 is 0 Å². The minimum atomic E-state index is -3.15. The highest BCUT2D eigenvalue weighted by Gasteiger charge is 2.30. The molecule has 4 nitrogen and oxygen atoms in total. The second-order valence-corrected chi connectivity index (χ2v) is 3.49. The van der Waals surface area contributed by atoms with E-state index in [0.717, 1.165) is 0 Å². The summed E-state index contributed by atoms with van der Waals surface area (Å²) < 4.78 is 1.19. The topological polar surface area (TPSA) is 69.7 Å². The van der Waals surface area contributed by atoms with Crippen molar-refractivity contribution in [3.05, 3.63) is 0 Å². The molecule has 4 N–H and O–H groups in total. The second-order valence-electron chi connectivity index (χ2n) is 1.46. The van der Waals surface area contributed by atoms with E-state index in [1.54, 1.807) is 0 Å². The molecule has 0 heterocycles. The summed E-state index contributed by atoms with van der Waals surface area (Å²) in [5.41, 5.74) is 4.83. The molecular formula is C2H10N2O2P+. The summed E-state index contributed by atoms with van der Waals surface area (Å²) in [6, 6.07) is 0. The first-order valence-electron chi connectivity index (χ1n) is 1.75. The predicted octanol–water partition coefficient (Wildman–Crippen LogP) is -0.831. The zero-order chi connectivity index (χ0) is 6.08. The van der Waals surface area contributed by atoms with Gasteiger partial charge in [-0.3, -0.25) is 0 Å². The van der Waals surface area contributed by atoms with Crippen molar-refractivity contribution in [3.63, 3.8) is 0 Å². The van der Waals surface area contributed by atoms with Gasteiger partial charge in [0.2, 0.25) is 0 Å². The summed E-state index contributed by atoms with van der Waals surface area (Å²) in [6.45, 7) is 0. The first kappa shape index (κ1) is 7.27. The molecule has 0 aromatic heterocycles. The van der Waals surface area contributed by atoms with Crippen LogP contribution in [0, 0.1) is 0 Å². The Labute approximate surface area is 43.2 Å².